The maximum Gasteiger partial charge on any atom is -0.0362 e. The average molecular weight is 221 g/mol. The largest absolute Gasteiger partial charge is 0.412 e. The Kier molecular flexibility index (Phi) is 11.9. The summed E-state index contributed by atoms with van der Waals surface area (Å²) in [4.78, 5) is 0. The molecule has 0 saturated heterocycles. The predicted molar refractivity (Wildman–Crippen MR) is 71.2 cm³/mol. The standard InChI is InChI=1S/C12H28P.H2O/c1-5-9-13(10-6-2,11-7-3)12-8-4;/h5-12H2,1-4H3;1H2. The van der Waals surface area contributed by atoms with Crippen LogP contribution in [-0.2, 0) is 0 Å². The fourth-order valence-corrected chi connectivity index (χ4v) is 7.70. The second-order valence-electron chi connectivity index (χ2n) is 4.24. The Morgan fingerprint density at radius 1 is 0.571 bits per heavy atom. The summed E-state index contributed by atoms with van der Waals surface area (Å²) in [5.74, 6) is 0. The highest BCUT2D eigenvalue weighted by Gasteiger charge is 2.22. The molecule has 14 heavy (non-hydrogen) atoms. The van der Waals surface area contributed by atoms with E-state index in [1.807, 2.05) is 0 Å². The van der Waals surface area contributed by atoms with Crippen LogP contribution in [0.15, 0.2) is 0 Å². The lowest BCUT2D eigenvalue weighted by Gasteiger charge is -2.36. The van der Waals surface area contributed by atoms with E-state index in [2.05, 4.69) is 27.7 Å². The van der Waals surface area contributed by atoms with Crippen molar-refractivity contribution in [3.05, 3.63) is 0 Å². The van der Waals surface area contributed by atoms with Gasteiger partial charge >= 0.3 is 0 Å². The van der Waals surface area contributed by atoms with Crippen molar-refractivity contribution in [2.45, 2.75) is 53.4 Å². The van der Waals surface area contributed by atoms with E-state index in [0.717, 1.165) is 0 Å². The topological polar surface area (TPSA) is 31.5 Å². The van der Waals surface area contributed by atoms with Crippen LogP contribution in [0, 0.1) is 0 Å². The minimum atomic E-state index is -0.496. The lowest BCUT2D eigenvalue weighted by molar-refractivity contribution is 0.824. The third kappa shape index (κ3) is 5.98. The molecule has 0 saturated carbocycles. The molecule has 0 aromatic rings. The fraction of sp³-hybridized carbons (Fsp3) is 1.00. The van der Waals surface area contributed by atoms with Gasteiger partial charge in [-0.15, -0.1) is 7.26 Å². The molecule has 0 unspecified atom stereocenters. The van der Waals surface area contributed by atoms with E-state index in [4.69, 9.17) is 0 Å². The third-order valence-electron chi connectivity index (χ3n) is 2.79. The molecule has 1 radical (unpaired) electrons. The van der Waals surface area contributed by atoms with E-state index in [9.17, 15) is 0 Å². The zero-order valence-corrected chi connectivity index (χ0v) is 11.5. The molecule has 1 nitrogen and oxygen atoms in total. The van der Waals surface area contributed by atoms with Crippen LogP contribution in [0.4, 0.5) is 0 Å². The molecule has 0 aliphatic carbocycles. The van der Waals surface area contributed by atoms with Crippen LogP contribution in [-0.4, -0.2) is 30.1 Å². The highest BCUT2D eigenvalue weighted by atomic mass is 31.2. The van der Waals surface area contributed by atoms with E-state index in [1.165, 1.54) is 25.7 Å². The molecule has 0 aromatic carbocycles. The van der Waals surface area contributed by atoms with Crippen LogP contribution in [0.5, 0.6) is 0 Å². The van der Waals surface area contributed by atoms with Crippen LogP contribution < -0.4 is 0 Å². The first-order chi connectivity index (χ1) is 6.24. The Bertz CT molecular complexity index is 85.4. The smallest absolute Gasteiger partial charge is 0.0362 e. The van der Waals surface area contributed by atoms with Crippen LogP contribution in [0.25, 0.3) is 0 Å². The van der Waals surface area contributed by atoms with E-state index in [-0.39, 0.29) is 5.48 Å². The zero-order chi connectivity index (χ0) is 10.2. The molecule has 0 aliphatic heterocycles. The molecular weight excluding hydrogens is 191 g/mol. The molecule has 0 aromatic heterocycles. The van der Waals surface area contributed by atoms with E-state index >= 15 is 0 Å². The van der Waals surface area contributed by atoms with Gasteiger partial charge in [-0.05, 0) is 24.6 Å². The van der Waals surface area contributed by atoms with Gasteiger partial charge in [-0.2, -0.15) is 0 Å². The molecular formula is C12H30OP. The normalized spacial score (nSPS) is 11.1. The van der Waals surface area contributed by atoms with Crippen molar-refractivity contribution >= 4 is 7.26 Å². The Hall–Kier alpha value is 0.390. The molecule has 0 rings (SSSR count). The lowest BCUT2D eigenvalue weighted by atomic mass is 10.5. The van der Waals surface area contributed by atoms with E-state index in [0.29, 0.717) is 0 Å². The molecule has 0 fully saturated rings. The van der Waals surface area contributed by atoms with E-state index < -0.39 is 7.26 Å². The molecule has 0 aliphatic rings. The Morgan fingerprint density at radius 3 is 0.929 bits per heavy atom. The van der Waals surface area contributed by atoms with Crippen LogP contribution >= 0.6 is 7.26 Å². The summed E-state index contributed by atoms with van der Waals surface area (Å²) in [6.45, 7) is 9.43. The Morgan fingerprint density at radius 2 is 0.786 bits per heavy atom. The molecule has 0 spiro atoms. The maximum absolute atomic E-state index is 2.36. The van der Waals surface area contributed by atoms with Gasteiger partial charge in [-0.25, -0.2) is 0 Å². The highest BCUT2D eigenvalue weighted by Crippen LogP contribution is 2.60. The van der Waals surface area contributed by atoms with Gasteiger partial charge in [0.2, 0.25) is 0 Å². The molecule has 2 N–H and O–H groups in total. The van der Waals surface area contributed by atoms with Crippen LogP contribution in [0.2, 0.25) is 0 Å². The molecule has 0 heterocycles. The summed E-state index contributed by atoms with van der Waals surface area (Å²) in [5, 5.41) is 0. The van der Waals surface area contributed by atoms with E-state index in [1.54, 1.807) is 24.6 Å². The second kappa shape index (κ2) is 9.93. The van der Waals surface area contributed by atoms with Gasteiger partial charge < -0.3 is 5.48 Å². The first-order valence-electron chi connectivity index (χ1n) is 6.09. The first-order valence-corrected chi connectivity index (χ1v) is 8.62. The first kappa shape index (κ1) is 16.8. The summed E-state index contributed by atoms with van der Waals surface area (Å²) >= 11 is 0. The van der Waals surface area contributed by atoms with Gasteiger partial charge in [0.05, 0.1) is 0 Å². The molecule has 2 heteroatoms. The highest BCUT2D eigenvalue weighted by molar-refractivity contribution is 7.75. The predicted octanol–water partition coefficient (Wildman–Crippen LogP) is 3.82. The van der Waals surface area contributed by atoms with Gasteiger partial charge in [0, 0.05) is 0 Å². The SMILES string of the molecule is CCC[P](CCC)(CCC)CCC.O. The van der Waals surface area contributed by atoms with Crippen molar-refractivity contribution in [3.63, 3.8) is 0 Å². The summed E-state index contributed by atoms with van der Waals surface area (Å²) in [5.41, 5.74) is 0. The van der Waals surface area contributed by atoms with Crippen LogP contribution in [0.3, 0.4) is 0 Å². The minimum absolute atomic E-state index is 0. The summed E-state index contributed by atoms with van der Waals surface area (Å²) in [6.07, 6.45) is 11.9. The van der Waals surface area contributed by atoms with Gasteiger partial charge in [-0.3, -0.25) is 0 Å². The fourth-order valence-electron chi connectivity index (χ4n) is 2.57. The summed E-state index contributed by atoms with van der Waals surface area (Å²) in [6, 6.07) is 0. The van der Waals surface area contributed by atoms with Crippen molar-refractivity contribution < 1.29 is 5.48 Å². The maximum atomic E-state index is 2.36. The molecule has 0 bridgehead atoms. The van der Waals surface area contributed by atoms with Crippen molar-refractivity contribution in [3.8, 4) is 0 Å². The number of hydrogen-bond donors (Lipinski definition) is 0. The monoisotopic (exact) mass is 221 g/mol. The van der Waals surface area contributed by atoms with Crippen molar-refractivity contribution in [1.82, 2.24) is 0 Å². The average Bonchev–Trinajstić information content (AvgIpc) is 2.06. The Labute approximate surface area is 91.3 Å². The van der Waals surface area contributed by atoms with Crippen molar-refractivity contribution in [1.29, 1.82) is 0 Å². The summed E-state index contributed by atoms with van der Waals surface area (Å²) in [7, 11) is -0.496. The second-order valence-corrected chi connectivity index (χ2v) is 8.71. The number of hydrogen-bond acceptors (Lipinski definition) is 0. The van der Waals surface area contributed by atoms with Gasteiger partial charge in [0.25, 0.3) is 0 Å². The van der Waals surface area contributed by atoms with Gasteiger partial charge in [0.1, 0.15) is 0 Å². The lowest BCUT2D eigenvalue weighted by Crippen LogP contribution is -2.10. The quantitative estimate of drug-likeness (QED) is 0.558. The third-order valence-corrected chi connectivity index (χ3v) is 8.38. The van der Waals surface area contributed by atoms with Gasteiger partial charge in [-0.1, -0.05) is 53.4 Å². The zero-order valence-electron chi connectivity index (χ0n) is 10.6. The van der Waals surface area contributed by atoms with Crippen LogP contribution in [0.1, 0.15) is 53.4 Å². The molecule has 0 atom stereocenters. The minimum Gasteiger partial charge on any atom is -0.412 e. The summed E-state index contributed by atoms with van der Waals surface area (Å²) < 4.78 is 0. The van der Waals surface area contributed by atoms with Crippen molar-refractivity contribution in [2.24, 2.45) is 0 Å². The molecule has 0 amide bonds. The Balaban J connectivity index is 0. The molecule has 89 valence electrons. The van der Waals surface area contributed by atoms with Gasteiger partial charge in [0.15, 0.2) is 0 Å². The number of rotatable bonds is 8. The van der Waals surface area contributed by atoms with Crippen molar-refractivity contribution in [2.75, 3.05) is 24.6 Å².